The van der Waals surface area contributed by atoms with E-state index in [9.17, 15) is 9.90 Å². The molecule has 5 nitrogen and oxygen atoms in total. The van der Waals surface area contributed by atoms with Crippen LogP contribution < -0.4 is 5.32 Å². The molecular formula is C27H31N3O2. The van der Waals surface area contributed by atoms with Gasteiger partial charge in [-0.05, 0) is 96.9 Å². The minimum Gasteiger partial charge on any atom is -0.478 e. The molecule has 0 aliphatic carbocycles. The van der Waals surface area contributed by atoms with Gasteiger partial charge in [-0.2, -0.15) is 0 Å². The molecule has 1 fully saturated rings. The number of nitrogens with zero attached hydrogens (tertiary/aromatic N) is 2. The van der Waals surface area contributed by atoms with Gasteiger partial charge in [-0.1, -0.05) is 26.0 Å². The van der Waals surface area contributed by atoms with Crippen LogP contribution in [0.15, 0.2) is 54.9 Å². The summed E-state index contributed by atoms with van der Waals surface area (Å²) in [7, 11) is 0. The van der Waals surface area contributed by atoms with E-state index in [0.717, 1.165) is 48.3 Å². The highest BCUT2D eigenvalue weighted by Crippen LogP contribution is 2.34. The molecule has 32 heavy (non-hydrogen) atoms. The summed E-state index contributed by atoms with van der Waals surface area (Å²) in [5.74, 6) is -0.883. The average molecular weight is 430 g/mol. The molecule has 166 valence electrons. The Labute approximate surface area is 190 Å². The Morgan fingerprint density at radius 1 is 0.969 bits per heavy atom. The van der Waals surface area contributed by atoms with E-state index in [2.05, 4.69) is 41.2 Å². The summed E-state index contributed by atoms with van der Waals surface area (Å²) in [4.78, 5) is 18.8. The molecule has 2 aromatic carbocycles. The first-order chi connectivity index (χ1) is 15.6. The zero-order valence-electron chi connectivity index (χ0n) is 18.9. The maximum absolute atomic E-state index is 12.3. The molecule has 4 rings (SSSR count). The fourth-order valence-electron chi connectivity index (χ4n) is 4.60. The molecule has 0 atom stereocenters. The molecule has 0 bridgehead atoms. The smallest absolute Gasteiger partial charge is 0.338 e. The number of hydrogen-bond donors (Lipinski definition) is 2. The van der Waals surface area contributed by atoms with E-state index in [1.165, 1.54) is 24.0 Å². The first-order valence-electron chi connectivity index (χ1n) is 11.5. The number of pyridine rings is 1. The maximum atomic E-state index is 12.3. The number of rotatable bonds is 8. The summed E-state index contributed by atoms with van der Waals surface area (Å²) in [5.41, 5.74) is 7.58. The lowest BCUT2D eigenvalue weighted by atomic mass is 9.95. The van der Waals surface area contributed by atoms with Gasteiger partial charge in [0.05, 0.1) is 11.3 Å². The Bertz CT molecular complexity index is 1060. The van der Waals surface area contributed by atoms with Crippen LogP contribution >= 0.6 is 0 Å². The Balaban J connectivity index is 1.74. The van der Waals surface area contributed by atoms with Gasteiger partial charge in [0.25, 0.3) is 0 Å². The fraction of sp³-hybridized carbons (Fsp3) is 0.333. The van der Waals surface area contributed by atoms with Crippen LogP contribution in [0.3, 0.4) is 0 Å². The van der Waals surface area contributed by atoms with E-state index in [4.69, 9.17) is 0 Å². The van der Waals surface area contributed by atoms with Crippen molar-refractivity contribution in [2.45, 2.75) is 46.1 Å². The van der Waals surface area contributed by atoms with E-state index in [0.29, 0.717) is 17.8 Å². The molecule has 5 heteroatoms. The standard InChI is InChI=1S/C27H31N3O2/c1-3-19-16-23(21-10-12-28-13-11-21)17-20(4-2)26(19)29-24-9-7-8-22(25(24)27(31)32)18-30-14-5-6-15-30/h7-13,16-17,29H,3-6,14-15,18H2,1-2H3,(H,31,32). The predicted molar refractivity (Wildman–Crippen MR) is 130 cm³/mol. The summed E-state index contributed by atoms with van der Waals surface area (Å²) in [6, 6.07) is 14.2. The Kier molecular flexibility index (Phi) is 6.86. The number of aromatic nitrogens is 1. The zero-order chi connectivity index (χ0) is 22.5. The van der Waals surface area contributed by atoms with Crippen molar-refractivity contribution >= 4 is 17.3 Å². The van der Waals surface area contributed by atoms with Crippen LogP contribution in [0, 0.1) is 0 Å². The maximum Gasteiger partial charge on any atom is 0.338 e. The molecule has 2 N–H and O–H groups in total. The Hall–Kier alpha value is -3.18. The number of carboxylic acid groups (broad SMARTS) is 1. The van der Waals surface area contributed by atoms with Crippen molar-refractivity contribution < 1.29 is 9.90 Å². The van der Waals surface area contributed by atoms with Crippen LogP contribution in [0.5, 0.6) is 0 Å². The second kappa shape index (κ2) is 9.96. The normalized spacial score (nSPS) is 13.9. The summed E-state index contributed by atoms with van der Waals surface area (Å²) in [6.07, 6.45) is 7.69. The summed E-state index contributed by atoms with van der Waals surface area (Å²) in [5, 5.41) is 13.6. The molecule has 0 amide bonds. The van der Waals surface area contributed by atoms with Gasteiger partial charge in [-0.3, -0.25) is 9.88 Å². The van der Waals surface area contributed by atoms with Crippen molar-refractivity contribution in [1.29, 1.82) is 0 Å². The molecule has 2 heterocycles. The molecule has 3 aromatic rings. The van der Waals surface area contributed by atoms with Crippen LogP contribution in [0.4, 0.5) is 11.4 Å². The second-order valence-electron chi connectivity index (χ2n) is 8.37. The third-order valence-electron chi connectivity index (χ3n) is 6.29. The lowest BCUT2D eigenvalue weighted by Crippen LogP contribution is -2.20. The van der Waals surface area contributed by atoms with Gasteiger partial charge in [-0.25, -0.2) is 4.79 Å². The Morgan fingerprint density at radius 3 is 2.22 bits per heavy atom. The third-order valence-corrected chi connectivity index (χ3v) is 6.29. The molecule has 0 radical (unpaired) electrons. The van der Waals surface area contributed by atoms with Gasteiger partial charge >= 0.3 is 5.97 Å². The summed E-state index contributed by atoms with van der Waals surface area (Å²) < 4.78 is 0. The van der Waals surface area contributed by atoms with Gasteiger partial charge in [0.15, 0.2) is 0 Å². The van der Waals surface area contributed by atoms with Crippen molar-refractivity contribution in [2.24, 2.45) is 0 Å². The highest BCUT2D eigenvalue weighted by atomic mass is 16.4. The monoisotopic (exact) mass is 429 g/mol. The summed E-state index contributed by atoms with van der Waals surface area (Å²) in [6.45, 7) is 7.02. The highest BCUT2D eigenvalue weighted by molar-refractivity contribution is 5.97. The quantitative estimate of drug-likeness (QED) is 0.466. The predicted octanol–water partition coefficient (Wildman–Crippen LogP) is 5.91. The highest BCUT2D eigenvalue weighted by Gasteiger charge is 2.21. The first kappa shape index (κ1) is 22.0. The van der Waals surface area contributed by atoms with Gasteiger partial charge in [-0.15, -0.1) is 0 Å². The Morgan fingerprint density at radius 2 is 1.62 bits per heavy atom. The molecule has 0 saturated carbocycles. The number of aryl methyl sites for hydroxylation is 2. The number of carboxylic acids is 1. The van der Waals surface area contributed by atoms with E-state index < -0.39 is 5.97 Å². The minimum atomic E-state index is -0.883. The van der Waals surface area contributed by atoms with Crippen molar-refractivity contribution in [3.63, 3.8) is 0 Å². The number of likely N-dealkylation sites (tertiary alicyclic amines) is 1. The molecule has 1 aliphatic heterocycles. The van der Waals surface area contributed by atoms with Crippen LogP contribution in [0.25, 0.3) is 11.1 Å². The molecular weight excluding hydrogens is 398 g/mol. The van der Waals surface area contributed by atoms with Crippen molar-refractivity contribution in [3.8, 4) is 11.1 Å². The van der Waals surface area contributed by atoms with Gasteiger partial charge in [0.2, 0.25) is 0 Å². The lowest BCUT2D eigenvalue weighted by molar-refractivity contribution is 0.0696. The third kappa shape index (κ3) is 4.68. The van der Waals surface area contributed by atoms with Crippen molar-refractivity contribution in [1.82, 2.24) is 9.88 Å². The van der Waals surface area contributed by atoms with Gasteiger partial charge in [0, 0.05) is 24.6 Å². The number of carbonyl (C=O) groups is 1. The van der Waals surface area contributed by atoms with E-state index in [-0.39, 0.29) is 0 Å². The summed E-state index contributed by atoms with van der Waals surface area (Å²) >= 11 is 0. The second-order valence-corrected chi connectivity index (χ2v) is 8.37. The van der Waals surface area contributed by atoms with Gasteiger partial charge in [0.1, 0.15) is 0 Å². The van der Waals surface area contributed by atoms with E-state index in [1.807, 2.05) is 42.7 Å². The number of hydrogen-bond acceptors (Lipinski definition) is 4. The molecule has 1 aromatic heterocycles. The average Bonchev–Trinajstić information content (AvgIpc) is 3.32. The molecule has 1 aliphatic rings. The number of aromatic carboxylic acids is 1. The van der Waals surface area contributed by atoms with Crippen LogP contribution in [0.2, 0.25) is 0 Å². The van der Waals surface area contributed by atoms with E-state index in [1.54, 1.807) is 0 Å². The fourth-order valence-corrected chi connectivity index (χ4v) is 4.60. The largest absolute Gasteiger partial charge is 0.478 e. The van der Waals surface area contributed by atoms with Crippen molar-refractivity contribution in [3.05, 3.63) is 77.1 Å². The molecule has 0 spiro atoms. The van der Waals surface area contributed by atoms with Crippen LogP contribution in [-0.2, 0) is 19.4 Å². The van der Waals surface area contributed by atoms with Crippen molar-refractivity contribution in [2.75, 3.05) is 18.4 Å². The number of anilines is 2. The lowest BCUT2D eigenvalue weighted by Gasteiger charge is -2.21. The first-order valence-corrected chi connectivity index (χ1v) is 11.5. The van der Waals surface area contributed by atoms with Gasteiger partial charge < -0.3 is 10.4 Å². The zero-order valence-corrected chi connectivity index (χ0v) is 18.9. The van der Waals surface area contributed by atoms with E-state index >= 15 is 0 Å². The van der Waals surface area contributed by atoms with Crippen LogP contribution in [-0.4, -0.2) is 34.0 Å². The number of benzene rings is 2. The molecule has 0 unspecified atom stereocenters. The topological polar surface area (TPSA) is 65.5 Å². The SMILES string of the molecule is CCc1cc(-c2ccncc2)cc(CC)c1Nc1cccc(CN2CCCC2)c1C(=O)O. The minimum absolute atomic E-state index is 0.377. The molecule has 1 saturated heterocycles. The van der Waals surface area contributed by atoms with Crippen LogP contribution in [0.1, 0.15) is 53.7 Å². The number of nitrogens with one attached hydrogen (secondary N) is 1.